The summed E-state index contributed by atoms with van der Waals surface area (Å²) in [6.07, 6.45) is 1.62. The lowest BCUT2D eigenvalue weighted by Crippen LogP contribution is -2.26. The van der Waals surface area contributed by atoms with Gasteiger partial charge in [-0.15, -0.1) is 0 Å². The van der Waals surface area contributed by atoms with Gasteiger partial charge in [0.1, 0.15) is 22.9 Å². The number of halogens is 2. The standard InChI is InChI=1S/C26H17F2N3O3/c27-17-6-8-22-16(10-17)12-23(34-22)24-25(30-20-11-15(26(32)33)4-7-19(20)29-24)31-9-1-2-14-3-5-18(28)13-21(14)31/h3-8,10-13H,1-2,9H2,(H,32,33). The van der Waals surface area contributed by atoms with E-state index in [-0.39, 0.29) is 17.2 Å². The Labute approximate surface area is 192 Å². The highest BCUT2D eigenvalue weighted by molar-refractivity contribution is 5.94. The van der Waals surface area contributed by atoms with Crippen LogP contribution in [-0.2, 0) is 6.42 Å². The Morgan fingerprint density at radius 3 is 2.62 bits per heavy atom. The quantitative estimate of drug-likeness (QED) is 0.352. The monoisotopic (exact) mass is 457 g/mol. The number of carboxylic acid groups (broad SMARTS) is 1. The van der Waals surface area contributed by atoms with Crippen molar-refractivity contribution in [1.82, 2.24) is 9.97 Å². The smallest absolute Gasteiger partial charge is 0.335 e. The van der Waals surface area contributed by atoms with E-state index in [4.69, 9.17) is 14.4 Å². The third-order valence-corrected chi connectivity index (χ3v) is 6.03. The van der Waals surface area contributed by atoms with Crippen LogP contribution in [0, 0.1) is 11.6 Å². The number of aromatic nitrogens is 2. The Hall–Kier alpha value is -4.33. The number of aromatic carboxylic acids is 1. The zero-order valence-corrected chi connectivity index (χ0v) is 17.8. The molecule has 168 valence electrons. The molecule has 0 saturated heterocycles. The van der Waals surface area contributed by atoms with Crippen molar-refractivity contribution in [3.63, 3.8) is 0 Å². The third-order valence-electron chi connectivity index (χ3n) is 6.03. The molecule has 8 heteroatoms. The SMILES string of the molecule is O=C(O)c1ccc2nc(-c3cc4cc(F)ccc4o3)c(N3CCCc4ccc(F)cc43)nc2c1. The van der Waals surface area contributed by atoms with Crippen LogP contribution in [0.3, 0.4) is 0 Å². The van der Waals surface area contributed by atoms with Crippen LogP contribution < -0.4 is 4.90 Å². The molecule has 6 nitrogen and oxygen atoms in total. The predicted octanol–water partition coefficient (Wildman–Crippen LogP) is 6.10. The summed E-state index contributed by atoms with van der Waals surface area (Å²) >= 11 is 0. The van der Waals surface area contributed by atoms with Gasteiger partial charge in [-0.25, -0.2) is 23.5 Å². The van der Waals surface area contributed by atoms with E-state index < -0.39 is 5.97 Å². The van der Waals surface area contributed by atoms with Gasteiger partial charge in [-0.2, -0.15) is 0 Å². The van der Waals surface area contributed by atoms with Crippen LogP contribution in [0.25, 0.3) is 33.5 Å². The molecule has 0 radical (unpaired) electrons. The number of fused-ring (bicyclic) bond motifs is 3. The second kappa shape index (κ2) is 7.62. The largest absolute Gasteiger partial charge is 0.478 e. The van der Waals surface area contributed by atoms with Crippen LogP contribution in [0.2, 0.25) is 0 Å². The van der Waals surface area contributed by atoms with Gasteiger partial charge >= 0.3 is 5.97 Å². The number of carboxylic acids is 1. The van der Waals surface area contributed by atoms with Gasteiger partial charge < -0.3 is 14.4 Å². The summed E-state index contributed by atoms with van der Waals surface area (Å²) in [5.41, 5.74) is 3.52. The van der Waals surface area contributed by atoms with Crippen molar-refractivity contribution >= 4 is 39.5 Å². The Kier molecular flexibility index (Phi) is 4.55. The molecule has 2 aromatic heterocycles. The molecule has 0 unspecified atom stereocenters. The highest BCUT2D eigenvalue weighted by Crippen LogP contribution is 2.40. The van der Waals surface area contributed by atoms with Gasteiger partial charge in [0.2, 0.25) is 0 Å². The molecule has 1 N–H and O–H groups in total. The van der Waals surface area contributed by atoms with Gasteiger partial charge in [0.25, 0.3) is 0 Å². The van der Waals surface area contributed by atoms with E-state index in [0.29, 0.717) is 51.5 Å². The summed E-state index contributed by atoms with van der Waals surface area (Å²) in [5.74, 6) is -1.02. The van der Waals surface area contributed by atoms with E-state index in [9.17, 15) is 18.7 Å². The van der Waals surface area contributed by atoms with Crippen LogP contribution in [0.15, 0.2) is 65.1 Å². The highest BCUT2D eigenvalue weighted by atomic mass is 19.1. The number of carbonyl (C=O) groups is 1. The van der Waals surface area contributed by atoms with Crippen LogP contribution in [0.4, 0.5) is 20.3 Å². The summed E-state index contributed by atoms with van der Waals surface area (Å²) in [4.78, 5) is 22.9. The van der Waals surface area contributed by atoms with E-state index in [1.807, 2.05) is 4.90 Å². The molecule has 0 amide bonds. The van der Waals surface area contributed by atoms with Crippen LogP contribution in [0.5, 0.6) is 0 Å². The second-order valence-corrected chi connectivity index (χ2v) is 8.23. The molecule has 0 saturated carbocycles. The van der Waals surface area contributed by atoms with Crippen molar-refractivity contribution in [2.75, 3.05) is 11.4 Å². The van der Waals surface area contributed by atoms with E-state index in [2.05, 4.69) is 0 Å². The number of nitrogens with zero attached hydrogens (tertiary/aromatic N) is 3. The molecule has 5 aromatic rings. The fourth-order valence-electron chi connectivity index (χ4n) is 4.43. The fraction of sp³-hybridized carbons (Fsp3) is 0.115. The predicted molar refractivity (Wildman–Crippen MR) is 123 cm³/mol. The van der Waals surface area contributed by atoms with Gasteiger partial charge in [0, 0.05) is 17.6 Å². The van der Waals surface area contributed by atoms with Crippen LogP contribution >= 0.6 is 0 Å². The van der Waals surface area contributed by atoms with E-state index in [0.717, 1.165) is 18.4 Å². The molecule has 0 fully saturated rings. The molecule has 3 heterocycles. The first-order valence-electron chi connectivity index (χ1n) is 10.8. The Morgan fingerprint density at radius 1 is 0.941 bits per heavy atom. The maximum atomic E-state index is 14.2. The molecule has 0 atom stereocenters. The summed E-state index contributed by atoms with van der Waals surface area (Å²) < 4.78 is 34.0. The van der Waals surface area contributed by atoms with Crippen molar-refractivity contribution in [2.45, 2.75) is 12.8 Å². The van der Waals surface area contributed by atoms with Crippen molar-refractivity contribution < 1.29 is 23.1 Å². The zero-order chi connectivity index (χ0) is 23.4. The maximum Gasteiger partial charge on any atom is 0.335 e. The lowest BCUT2D eigenvalue weighted by atomic mass is 10.0. The van der Waals surface area contributed by atoms with Gasteiger partial charge in [-0.3, -0.25) is 0 Å². The first-order chi connectivity index (χ1) is 16.5. The van der Waals surface area contributed by atoms with Crippen molar-refractivity contribution in [3.05, 3.63) is 83.4 Å². The molecule has 3 aromatic carbocycles. The molecule has 34 heavy (non-hydrogen) atoms. The first kappa shape index (κ1) is 20.3. The van der Waals surface area contributed by atoms with Crippen LogP contribution in [0.1, 0.15) is 22.3 Å². The molecule has 1 aliphatic heterocycles. The second-order valence-electron chi connectivity index (χ2n) is 8.23. The van der Waals surface area contributed by atoms with E-state index in [1.54, 1.807) is 24.3 Å². The van der Waals surface area contributed by atoms with Gasteiger partial charge in [0.15, 0.2) is 11.6 Å². The van der Waals surface area contributed by atoms with E-state index >= 15 is 0 Å². The number of hydrogen-bond acceptors (Lipinski definition) is 5. The minimum atomic E-state index is -1.07. The number of aryl methyl sites for hydroxylation is 1. The van der Waals surface area contributed by atoms with Gasteiger partial charge in [-0.05, 0) is 73.0 Å². The number of anilines is 2. The summed E-state index contributed by atoms with van der Waals surface area (Å²) in [6.45, 7) is 0.567. The van der Waals surface area contributed by atoms with Crippen LogP contribution in [-0.4, -0.2) is 27.6 Å². The molecular formula is C26H17F2N3O3. The van der Waals surface area contributed by atoms with Crippen molar-refractivity contribution in [1.29, 1.82) is 0 Å². The molecular weight excluding hydrogens is 440 g/mol. The van der Waals surface area contributed by atoms with Gasteiger partial charge in [0.05, 0.1) is 16.6 Å². The zero-order valence-electron chi connectivity index (χ0n) is 17.8. The number of rotatable bonds is 3. The average Bonchev–Trinajstić information content (AvgIpc) is 3.25. The Morgan fingerprint density at radius 2 is 1.76 bits per heavy atom. The molecule has 0 aliphatic carbocycles. The van der Waals surface area contributed by atoms with Gasteiger partial charge in [-0.1, -0.05) is 6.07 Å². The minimum absolute atomic E-state index is 0.0878. The summed E-state index contributed by atoms with van der Waals surface area (Å²) in [6, 6.07) is 15.1. The van der Waals surface area contributed by atoms with Crippen molar-refractivity contribution in [2.24, 2.45) is 0 Å². The maximum absolute atomic E-state index is 14.2. The lowest BCUT2D eigenvalue weighted by Gasteiger charge is -2.31. The minimum Gasteiger partial charge on any atom is -0.478 e. The molecule has 0 spiro atoms. The summed E-state index contributed by atoms with van der Waals surface area (Å²) in [5, 5.41) is 9.99. The number of hydrogen-bond donors (Lipinski definition) is 1. The summed E-state index contributed by atoms with van der Waals surface area (Å²) in [7, 11) is 0. The normalized spacial score (nSPS) is 13.4. The highest BCUT2D eigenvalue weighted by Gasteiger charge is 2.26. The van der Waals surface area contributed by atoms with Crippen molar-refractivity contribution in [3.8, 4) is 11.5 Å². The number of benzene rings is 3. The number of furan rings is 1. The molecule has 6 rings (SSSR count). The lowest BCUT2D eigenvalue weighted by molar-refractivity contribution is 0.0697. The molecule has 1 aliphatic rings. The fourth-order valence-corrected chi connectivity index (χ4v) is 4.43. The first-order valence-corrected chi connectivity index (χ1v) is 10.8. The Balaban J connectivity index is 1.62. The Bertz CT molecular complexity index is 1610. The molecule has 0 bridgehead atoms. The average molecular weight is 457 g/mol. The third kappa shape index (κ3) is 3.35. The topological polar surface area (TPSA) is 79.5 Å². The van der Waals surface area contributed by atoms with E-state index in [1.165, 1.54) is 36.4 Å².